The summed E-state index contributed by atoms with van der Waals surface area (Å²) in [4.78, 5) is 7.08. The molecule has 2 heterocycles. The number of nitrogens with zero attached hydrogens (tertiary/aromatic N) is 3. The molecule has 0 amide bonds. The third-order valence-corrected chi connectivity index (χ3v) is 7.86. The molecule has 2 aromatic carbocycles. The van der Waals surface area contributed by atoms with Gasteiger partial charge in [0.1, 0.15) is 0 Å². The number of rotatable bonds is 3. The van der Waals surface area contributed by atoms with Gasteiger partial charge in [-0.3, -0.25) is 0 Å². The van der Waals surface area contributed by atoms with Gasteiger partial charge in [0.25, 0.3) is 0 Å². The minimum Gasteiger partial charge on any atom is -0.305 e. The number of fused-ring (bicyclic) bond motifs is 1. The molecule has 0 unspecified atom stereocenters. The maximum atomic E-state index is 13.0. The van der Waals surface area contributed by atoms with Crippen LogP contribution in [0.1, 0.15) is 11.4 Å². The highest BCUT2D eigenvalue weighted by molar-refractivity contribution is 7.89. The zero-order valence-electron chi connectivity index (χ0n) is 15.6. The van der Waals surface area contributed by atoms with Crippen LogP contribution in [0.15, 0.2) is 47.4 Å². The van der Waals surface area contributed by atoms with E-state index < -0.39 is 10.0 Å². The molecule has 3 aromatic rings. The predicted octanol–water partition coefficient (Wildman–Crippen LogP) is 3.60. The lowest BCUT2D eigenvalue weighted by Crippen LogP contribution is -2.34. The third-order valence-electron chi connectivity index (χ3n) is 5.00. The van der Waals surface area contributed by atoms with Crippen LogP contribution >= 0.6 is 11.3 Å². The number of hydrogen-bond donors (Lipinski definition) is 0. The summed E-state index contributed by atoms with van der Waals surface area (Å²) in [7, 11) is -1.41. The topological polar surface area (TPSA) is 53.5 Å². The number of aryl methyl sites for hydroxylation is 1. The fraction of sp³-hybridized carbons (Fsp3) is 0.350. The SMILES string of the molecule is Cc1nc2cc(-c3ccc(S(=O)(=O)N4CCCN(C)CC4)cc3)ccc2s1. The van der Waals surface area contributed by atoms with E-state index in [0.717, 1.165) is 41.2 Å². The van der Waals surface area contributed by atoms with Crippen molar-refractivity contribution < 1.29 is 8.42 Å². The average Bonchev–Trinajstić information content (AvgIpc) is 2.88. The number of aromatic nitrogens is 1. The molecule has 1 saturated heterocycles. The van der Waals surface area contributed by atoms with E-state index in [2.05, 4.69) is 28.1 Å². The van der Waals surface area contributed by atoms with Crippen molar-refractivity contribution in [1.29, 1.82) is 0 Å². The van der Waals surface area contributed by atoms with Gasteiger partial charge in [-0.05, 0) is 62.3 Å². The molecule has 0 atom stereocenters. The first-order valence-corrected chi connectivity index (χ1v) is 11.4. The van der Waals surface area contributed by atoms with Gasteiger partial charge >= 0.3 is 0 Å². The van der Waals surface area contributed by atoms with Crippen LogP contribution in [0, 0.1) is 6.92 Å². The first-order valence-electron chi connectivity index (χ1n) is 9.10. The molecular formula is C20H23N3O2S2. The molecule has 142 valence electrons. The Balaban J connectivity index is 1.60. The number of thiazole rings is 1. The Morgan fingerprint density at radius 2 is 1.70 bits per heavy atom. The van der Waals surface area contributed by atoms with E-state index in [1.807, 2.05) is 26.1 Å². The van der Waals surface area contributed by atoms with Crippen molar-refractivity contribution in [3.05, 3.63) is 47.5 Å². The highest BCUT2D eigenvalue weighted by atomic mass is 32.2. The molecule has 4 rings (SSSR count). The normalized spacial score (nSPS) is 17.3. The Morgan fingerprint density at radius 3 is 2.48 bits per heavy atom. The van der Waals surface area contributed by atoms with Crippen molar-refractivity contribution in [3.8, 4) is 11.1 Å². The average molecular weight is 402 g/mol. The summed E-state index contributed by atoms with van der Waals surface area (Å²) in [5.41, 5.74) is 3.03. The second-order valence-electron chi connectivity index (χ2n) is 7.00. The Morgan fingerprint density at radius 1 is 0.963 bits per heavy atom. The largest absolute Gasteiger partial charge is 0.305 e. The van der Waals surface area contributed by atoms with Crippen LogP contribution < -0.4 is 0 Å². The van der Waals surface area contributed by atoms with E-state index in [0.29, 0.717) is 18.0 Å². The summed E-state index contributed by atoms with van der Waals surface area (Å²) in [6.07, 6.45) is 0.862. The minimum atomic E-state index is -3.44. The molecule has 1 fully saturated rings. The van der Waals surface area contributed by atoms with E-state index in [1.54, 1.807) is 27.8 Å². The lowest BCUT2D eigenvalue weighted by atomic mass is 10.1. The van der Waals surface area contributed by atoms with Crippen LogP contribution in [0.25, 0.3) is 21.3 Å². The molecule has 0 radical (unpaired) electrons. The molecular weight excluding hydrogens is 378 g/mol. The molecule has 7 heteroatoms. The molecule has 0 bridgehead atoms. The van der Waals surface area contributed by atoms with Gasteiger partial charge in [-0.2, -0.15) is 4.31 Å². The quantitative estimate of drug-likeness (QED) is 0.673. The standard InChI is InChI=1S/C20H23N3O2S2/c1-15-21-19-14-17(6-9-20(19)26-15)16-4-7-18(8-5-16)27(24,25)23-11-3-10-22(2)12-13-23/h4-9,14H,3,10-13H2,1-2H3. The van der Waals surface area contributed by atoms with Crippen LogP contribution in [0.3, 0.4) is 0 Å². The number of benzene rings is 2. The number of sulfonamides is 1. The van der Waals surface area contributed by atoms with Gasteiger partial charge in [-0.25, -0.2) is 13.4 Å². The smallest absolute Gasteiger partial charge is 0.243 e. The van der Waals surface area contributed by atoms with Crippen LogP contribution in [-0.4, -0.2) is 55.8 Å². The molecule has 27 heavy (non-hydrogen) atoms. The summed E-state index contributed by atoms with van der Waals surface area (Å²) < 4.78 is 28.7. The minimum absolute atomic E-state index is 0.362. The number of likely N-dealkylation sites (N-methyl/N-ethyl adjacent to an activating group) is 1. The van der Waals surface area contributed by atoms with Crippen molar-refractivity contribution in [3.63, 3.8) is 0 Å². The van der Waals surface area contributed by atoms with Gasteiger partial charge in [0, 0.05) is 19.6 Å². The molecule has 0 spiro atoms. The van der Waals surface area contributed by atoms with Gasteiger partial charge in [0.15, 0.2) is 0 Å². The molecule has 5 nitrogen and oxygen atoms in total. The maximum Gasteiger partial charge on any atom is 0.243 e. The zero-order chi connectivity index (χ0) is 19.0. The zero-order valence-corrected chi connectivity index (χ0v) is 17.2. The summed E-state index contributed by atoms with van der Waals surface area (Å²) in [6.45, 7) is 4.83. The highest BCUT2D eigenvalue weighted by Crippen LogP contribution is 2.29. The van der Waals surface area contributed by atoms with Gasteiger partial charge < -0.3 is 4.90 Å². The first-order chi connectivity index (χ1) is 12.9. The molecule has 0 saturated carbocycles. The van der Waals surface area contributed by atoms with Crippen molar-refractivity contribution in [2.24, 2.45) is 0 Å². The molecule has 0 aliphatic carbocycles. The fourth-order valence-corrected chi connectivity index (χ4v) is 5.73. The lowest BCUT2D eigenvalue weighted by molar-refractivity contribution is 0.347. The second kappa shape index (κ2) is 7.31. The number of hydrogen-bond acceptors (Lipinski definition) is 5. The first kappa shape index (κ1) is 18.6. The van der Waals surface area contributed by atoms with E-state index in [1.165, 1.54) is 4.70 Å². The van der Waals surface area contributed by atoms with Crippen LogP contribution in [0.2, 0.25) is 0 Å². The third kappa shape index (κ3) is 3.78. The van der Waals surface area contributed by atoms with Gasteiger partial charge in [-0.15, -0.1) is 11.3 Å². The molecule has 1 aliphatic rings. The summed E-state index contributed by atoms with van der Waals surface area (Å²) in [5, 5.41) is 1.05. The van der Waals surface area contributed by atoms with Crippen molar-refractivity contribution in [2.75, 3.05) is 33.2 Å². The van der Waals surface area contributed by atoms with Gasteiger partial charge in [-0.1, -0.05) is 18.2 Å². The van der Waals surface area contributed by atoms with E-state index >= 15 is 0 Å². The van der Waals surface area contributed by atoms with Crippen molar-refractivity contribution >= 4 is 31.6 Å². The van der Waals surface area contributed by atoms with Crippen LogP contribution in [0.5, 0.6) is 0 Å². The van der Waals surface area contributed by atoms with E-state index in [-0.39, 0.29) is 0 Å². The van der Waals surface area contributed by atoms with Crippen LogP contribution in [-0.2, 0) is 10.0 Å². The summed E-state index contributed by atoms with van der Waals surface area (Å²) in [6, 6.07) is 13.4. The molecule has 1 aromatic heterocycles. The maximum absolute atomic E-state index is 13.0. The van der Waals surface area contributed by atoms with E-state index in [4.69, 9.17) is 0 Å². The monoisotopic (exact) mass is 401 g/mol. The highest BCUT2D eigenvalue weighted by Gasteiger charge is 2.26. The van der Waals surface area contributed by atoms with Gasteiger partial charge in [0.05, 0.1) is 20.1 Å². The predicted molar refractivity (Wildman–Crippen MR) is 111 cm³/mol. The second-order valence-corrected chi connectivity index (χ2v) is 10.2. The molecule has 1 aliphatic heterocycles. The Labute approximate surface area is 164 Å². The van der Waals surface area contributed by atoms with Crippen LogP contribution in [0.4, 0.5) is 0 Å². The summed E-state index contributed by atoms with van der Waals surface area (Å²) >= 11 is 1.68. The Bertz CT molecular complexity index is 1060. The lowest BCUT2D eigenvalue weighted by Gasteiger charge is -2.20. The Kier molecular flexibility index (Phi) is 5.03. The summed E-state index contributed by atoms with van der Waals surface area (Å²) in [5.74, 6) is 0. The van der Waals surface area contributed by atoms with Gasteiger partial charge in [0.2, 0.25) is 10.0 Å². The molecule has 0 N–H and O–H groups in total. The van der Waals surface area contributed by atoms with Crippen molar-refractivity contribution in [2.45, 2.75) is 18.2 Å². The fourth-order valence-electron chi connectivity index (χ4n) is 3.45. The van der Waals surface area contributed by atoms with E-state index in [9.17, 15) is 8.42 Å². The van der Waals surface area contributed by atoms with Crippen molar-refractivity contribution in [1.82, 2.24) is 14.2 Å². The Hall–Kier alpha value is -1.80.